The molecule has 0 atom stereocenters. The van der Waals surface area contributed by atoms with E-state index in [0.717, 1.165) is 31.1 Å². The minimum Gasteiger partial charge on any atom is -0.356 e. The molecule has 0 aliphatic heterocycles. The van der Waals surface area contributed by atoms with Gasteiger partial charge in [-0.1, -0.05) is 99.9 Å². The Morgan fingerprint density at radius 3 is 1.70 bits per heavy atom. The zero-order chi connectivity index (χ0) is 17.0. The van der Waals surface area contributed by atoms with Gasteiger partial charge in [-0.05, 0) is 19.3 Å². The first-order chi connectivity index (χ1) is 11.3. The van der Waals surface area contributed by atoms with E-state index in [4.69, 9.17) is 0 Å². The van der Waals surface area contributed by atoms with Gasteiger partial charge < -0.3 is 5.32 Å². The van der Waals surface area contributed by atoms with Gasteiger partial charge in [0.1, 0.15) is 0 Å². The topological polar surface area (TPSA) is 29.1 Å². The third kappa shape index (κ3) is 19.9. The summed E-state index contributed by atoms with van der Waals surface area (Å²) in [5, 5.41) is 4.09. The highest BCUT2D eigenvalue weighted by atomic mass is 79.9. The molecule has 0 spiro atoms. The zero-order valence-corrected chi connectivity index (χ0v) is 17.1. The molecule has 0 fully saturated rings. The van der Waals surface area contributed by atoms with Gasteiger partial charge in [-0.2, -0.15) is 0 Å². The van der Waals surface area contributed by atoms with Crippen LogP contribution in [0.2, 0.25) is 0 Å². The van der Waals surface area contributed by atoms with Crippen molar-refractivity contribution in [1.82, 2.24) is 5.32 Å². The Bertz CT molecular complexity index is 246. The Labute approximate surface area is 153 Å². The van der Waals surface area contributed by atoms with Crippen molar-refractivity contribution in [1.29, 1.82) is 0 Å². The second kappa shape index (κ2) is 20.0. The Morgan fingerprint density at radius 2 is 1.17 bits per heavy atom. The van der Waals surface area contributed by atoms with Crippen molar-refractivity contribution >= 4 is 21.8 Å². The molecule has 0 aromatic rings. The largest absolute Gasteiger partial charge is 0.356 e. The molecule has 0 saturated carbocycles. The van der Waals surface area contributed by atoms with Crippen LogP contribution in [0.1, 0.15) is 110 Å². The molecule has 0 aromatic heterocycles. The van der Waals surface area contributed by atoms with E-state index in [0.29, 0.717) is 6.42 Å². The molecule has 23 heavy (non-hydrogen) atoms. The highest BCUT2D eigenvalue weighted by Crippen LogP contribution is 2.11. The molecule has 0 unspecified atom stereocenters. The summed E-state index contributed by atoms with van der Waals surface area (Å²) in [6.07, 6.45) is 20.4. The van der Waals surface area contributed by atoms with E-state index in [1.54, 1.807) is 0 Å². The number of hydrogen-bond donors (Lipinski definition) is 1. The number of alkyl halides is 1. The number of nitrogens with one attached hydrogen (secondary N) is 1. The number of hydrogen-bond acceptors (Lipinski definition) is 1. The molecule has 138 valence electrons. The number of unbranched alkanes of at least 4 members (excludes halogenated alkanes) is 13. The summed E-state index contributed by atoms with van der Waals surface area (Å²) in [6, 6.07) is 0. The fourth-order valence-corrected chi connectivity index (χ4v) is 3.24. The number of carbonyl (C=O) groups excluding carboxylic acids is 1. The molecule has 1 amide bonds. The fraction of sp³-hybridized carbons (Fsp3) is 0.950. The van der Waals surface area contributed by atoms with E-state index in [9.17, 15) is 4.79 Å². The maximum Gasteiger partial charge on any atom is 0.219 e. The Hall–Kier alpha value is -0.0500. The number of amides is 1. The first-order valence-corrected chi connectivity index (χ1v) is 11.3. The van der Waals surface area contributed by atoms with Gasteiger partial charge in [0.25, 0.3) is 0 Å². The Kier molecular flexibility index (Phi) is 20.0. The van der Waals surface area contributed by atoms with Gasteiger partial charge in [-0.3, -0.25) is 4.79 Å². The van der Waals surface area contributed by atoms with Gasteiger partial charge in [-0.15, -0.1) is 0 Å². The lowest BCUT2D eigenvalue weighted by Gasteiger charge is -2.05. The van der Waals surface area contributed by atoms with E-state index in [-0.39, 0.29) is 5.91 Å². The third-order valence-corrected chi connectivity index (χ3v) is 4.95. The van der Waals surface area contributed by atoms with Crippen LogP contribution >= 0.6 is 15.9 Å². The van der Waals surface area contributed by atoms with Crippen LogP contribution < -0.4 is 5.32 Å². The maximum atomic E-state index is 11.6. The fourth-order valence-electron chi connectivity index (χ4n) is 2.84. The van der Waals surface area contributed by atoms with E-state index < -0.39 is 0 Å². The van der Waals surface area contributed by atoms with Crippen LogP contribution in [0.15, 0.2) is 0 Å². The molecule has 1 N–H and O–H groups in total. The second-order valence-corrected chi connectivity index (χ2v) is 7.53. The molecule has 3 heteroatoms. The van der Waals surface area contributed by atoms with Crippen LogP contribution in [0.4, 0.5) is 0 Å². The molecular formula is C20H40BrNO. The second-order valence-electron chi connectivity index (χ2n) is 6.74. The maximum absolute atomic E-state index is 11.6. The van der Waals surface area contributed by atoms with Crippen molar-refractivity contribution in [3.05, 3.63) is 0 Å². The van der Waals surface area contributed by atoms with Crippen LogP contribution in [0, 0.1) is 0 Å². The smallest absolute Gasteiger partial charge is 0.219 e. The van der Waals surface area contributed by atoms with Crippen molar-refractivity contribution in [2.75, 3.05) is 11.9 Å². The van der Waals surface area contributed by atoms with Crippen molar-refractivity contribution in [2.45, 2.75) is 110 Å². The predicted molar refractivity (Wildman–Crippen MR) is 106 cm³/mol. The summed E-state index contributed by atoms with van der Waals surface area (Å²) >= 11 is 3.41. The van der Waals surface area contributed by atoms with Crippen LogP contribution in [-0.4, -0.2) is 17.8 Å². The molecule has 0 bridgehead atoms. The summed E-state index contributed by atoms with van der Waals surface area (Å²) in [4.78, 5) is 11.6. The monoisotopic (exact) mass is 389 g/mol. The van der Waals surface area contributed by atoms with E-state index in [1.165, 1.54) is 77.0 Å². The third-order valence-electron chi connectivity index (χ3n) is 4.39. The van der Waals surface area contributed by atoms with Crippen LogP contribution in [-0.2, 0) is 4.79 Å². The van der Waals surface area contributed by atoms with Crippen LogP contribution in [0.3, 0.4) is 0 Å². The lowest BCUT2D eigenvalue weighted by Crippen LogP contribution is -2.23. The Morgan fingerprint density at radius 1 is 0.696 bits per heavy atom. The molecule has 0 saturated heterocycles. The molecular weight excluding hydrogens is 350 g/mol. The highest BCUT2D eigenvalue weighted by Gasteiger charge is 2.00. The van der Waals surface area contributed by atoms with Gasteiger partial charge >= 0.3 is 0 Å². The van der Waals surface area contributed by atoms with Crippen LogP contribution in [0.5, 0.6) is 0 Å². The summed E-state index contributed by atoms with van der Waals surface area (Å²) in [7, 11) is 0. The molecule has 0 radical (unpaired) electrons. The van der Waals surface area contributed by atoms with Gasteiger partial charge in [0.05, 0.1) is 0 Å². The average Bonchev–Trinajstić information content (AvgIpc) is 2.56. The summed E-state index contributed by atoms with van der Waals surface area (Å²) in [5.41, 5.74) is 0. The van der Waals surface area contributed by atoms with E-state index in [1.807, 2.05) is 0 Å². The van der Waals surface area contributed by atoms with Crippen molar-refractivity contribution in [2.24, 2.45) is 0 Å². The van der Waals surface area contributed by atoms with Gasteiger partial charge in [0, 0.05) is 18.3 Å². The van der Waals surface area contributed by atoms with Crippen molar-refractivity contribution < 1.29 is 4.79 Å². The molecule has 0 aliphatic rings. The summed E-state index contributed by atoms with van der Waals surface area (Å²) in [6.45, 7) is 3.15. The van der Waals surface area contributed by atoms with Crippen molar-refractivity contribution in [3.63, 3.8) is 0 Å². The zero-order valence-electron chi connectivity index (χ0n) is 15.5. The standard InChI is InChI=1S/C20H40BrNO/c1-2-3-4-5-6-7-8-9-10-11-12-16-19-22-20(23)17-14-13-15-18-21/h2-19H2,1H3,(H,22,23). The molecule has 0 rings (SSSR count). The lowest BCUT2D eigenvalue weighted by atomic mass is 10.1. The molecule has 0 heterocycles. The minimum absolute atomic E-state index is 0.239. The Balaban J connectivity index is 3.08. The predicted octanol–water partition coefficient (Wildman–Crippen LogP) is 6.76. The van der Waals surface area contributed by atoms with E-state index in [2.05, 4.69) is 28.2 Å². The highest BCUT2D eigenvalue weighted by molar-refractivity contribution is 9.09. The summed E-state index contributed by atoms with van der Waals surface area (Å²) in [5.74, 6) is 0.239. The normalized spacial score (nSPS) is 10.9. The number of carbonyl (C=O) groups is 1. The number of halogens is 1. The van der Waals surface area contributed by atoms with E-state index >= 15 is 0 Å². The van der Waals surface area contributed by atoms with Gasteiger partial charge in [-0.25, -0.2) is 0 Å². The SMILES string of the molecule is CCCCCCCCCCCCCCNC(=O)CCCCCBr. The molecule has 2 nitrogen and oxygen atoms in total. The first kappa shape index (κ1) is 22.9. The molecule has 0 aliphatic carbocycles. The van der Waals surface area contributed by atoms with Gasteiger partial charge in [0.15, 0.2) is 0 Å². The molecule has 0 aromatic carbocycles. The average molecular weight is 390 g/mol. The minimum atomic E-state index is 0.239. The van der Waals surface area contributed by atoms with Crippen molar-refractivity contribution in [3.8, 4) is 0 Å². The first-order valence-electron chi connectivity index (χ1n) is 10.1. The summed E-state index contributed by atoms with van der Waals surface area (Å²) < 4.78 is 0. The lowest BCUT2D eigenvalue weighted by molar-refractivity contribution is -0.121. The van der Waals surface area contributed by atoms with Crippen LogP contribution in [0.25, 0.3) is 0 Å². The number of rotatable bonds is 18. The quantitative estimate of drug-likeness (QED) is 0.203. The van der Waals surface area contributed by atoms with Gasteiger partial charge in [0.2, 0.25) is 5.91 Å².